The van der Waals surface area contributed by atoms with Gasteiger partial charge in [0.05, 0.1) is 6.10 Å². The van der Waals surface area contributed by atoms with Crippen molar-refractivity contribution >= 4 is 11.8 Å². The maximum absolute atomic E-state index is 13.3. The van der Waals surface area contributed by atoms with E-state index < -0.39 is 5.97 Å². The van der Waals surface area contributed by atoms with Gasteiger partial charge in [-0.2, -0.15) is 0 Å². The van der Waals surface area contributed by atoms with Gasteiger partial charge in [0, 0.05) is 18.8 Å². The molecule has 4 heteroatoms. The van der Waals surface area contributed by atoms with Gasteiger partial charge in [-0.15, -0.1) is 0 Å². The molecule has 0 saturated heterocycles. The fraction of sp³-hybridized carbons (Fsp3) is 0.917. The van der Waals surface area contributed by atoms with Gasteiger partial charge >= 0.3 is 5.97 Å². The number of aliphatic hydroxyl groups excluding tert-OH is 1. The zero-order chi connectivity index (χ0) is 20.3. The minimum atomic E-state index is -0.698. The molecule has 9 atom stereocenters. The van der Waals surface area contributed by atoms with Crippen LogP contribution in [-0.2, 0) is 9.59 Å². The molecule has 158 valence electrons. The number of fused-ring (bicyclic) bond motifs is 5. The fourth-order valence-electron chi connectivity index (χ4n) is 8.44. The van der Waals surface area contributed by atoms with Gasteiger partial charge in [-0.25, -0.2) is 0 Å². The highest BCUT2D eigenvalue weighted by Crippen LogP contribution is 2.67. The first kappa shape index (κ1) is 20.4. The molecule has 4 aliphatic rings. The van der Waals surface area contributed by atoms with Crippen LogP contribution in [0.15, 0.2) is 0 Å². The van der Waals surface area contributed by atoms with Crippen molar-refractivity contribution < 1.29 is 19.8 Å². The first-order chi connectivity index (χ1) is 13.2. The molecule has 0 radical (unpaired) electrons. The summed E-state index contributed by atoms with van der Waals surface area (Å²) in [6.07, 6.45) is 8.81. The van der Waals surface area contributed by atoms with Crippen LogP contribution in [0, 0.1) is 46.3 Å². The molecule has 4 aliphatic carbocycles. The number of carbonyl (C=O) groups is 2. The van der Waals surface area contributed by atoms with Crippen molar-refractivity contribution in [3.63, 3.8) is 0 Å². The van der Waals surface area contributed by atoms with Gasteiger partial charge in [0.1, 0.15) is 5.78 Å². The standard InChI is InChI=1S/C24H38O4/c1-14(4-7-21(27)28)17-5-6-18-22-19(9-11-24(17,18)3)23(2)10-8-16(25)12-15(23)13-20(22)26/h14-19,22,25H,4-13H2,1-3H3,(H,27,28)/t14-,15-,16-,17?,18+,19+,22+,23+,24-/m1/s1. The summed E-state index contributed by atoms with van der Waals surface area (Å²) in [5, 5.41) is 19.3. The van der Waals surface area contributed by atoms with Crippen molar-refractivity contribution in [2.75, 3.05) is 0 Å². The molecule has 0 amide bonds. The monoisotopic (exact) mass is 390 g/mol. The Kier molecular flexibility index (Phi) is 5.17. The molecule has 0 bridgehead atoms. The van der Waals surface area contributed by atoms with Crippen LogP contribution in [0.4, 0.5) is 0 Å². The molecule has 0 spiro atoms. The number of aliphatic carboxylic acids is 1. The van der Waals surface area contributed by atoms with Crippen LogP contribution in [-0.4, -0.2) is 28.1 Å². The van der Waals surface area contributed by atoms with Crippen LogP contribution >= 0.6 is 0 Å². The molecular formula is C24H38O4. The highest BCUT2D eigenvalue weighted by Gasteiger charge is 2.62. The molecule has 4 nitrogen and oxygen atoms in total. The topological polar surface area (TPSA) is 74.6 Å². The second-order valence-corrected chi connectivity index (χ2v) is 11.2. The van der Waals surface area contributed by atoms with E-state index >= 15 is 0 Å². The van der Waals surface area contributed by atoms with Crippen LogP contribution < -0.4 is 0 Å². The number of carboxylic acids is 1. The molecule has 1 unspecified atom stereocenters. The van der Waals surface area contributed by atoms with Crippen LogP contribution in [0.2, 0.25) is 0 Å². The number of rotatable bonds is 4. The summed E-state index contributed by atoms with van der Waals surface area (Å²) in [6, 6.07) is 0. The van der Waals surface area contributed by atoms with Crippen molar-refractivity contribution in [1.82, 2.24) is 0 Å². The van der Waals surface area contributed by atoms with E-state index in [9.17, 15) is 14.7 Å². The first-order valence-electron chi connectivity index (χ1n) is 11.6. The predicted octanol–water partition coefficient (Wildman–Crippen LogP) is 4.69. The third-order valence-electron chi connectivity index (χ3n) is 10.0. The number of carbonyl (C=O) groups excluding carboxylic acids is 1. The van der Waals surface area contributed by atoms with Crippen molar-refractivity contribution in [3.8, 4) is 0 Å². The van der Waals surface area contributed by atoms with E-state index in [1.54, 1.807) is 0 Å². The molecule has 2 N–H and O–H groups in total. The number of hydrogen-bond donors (Lipinski definition) is 2. The summed E-state index contributed by atoms with van der Waals surface area (Å²) < 4.78 is 0. The SMILES string of the molecule is C[C@H](CCC(=O)O)C1CC[C@H]2[C@@H]3C(=O)C[C@H]4C[C@H](O)CC[C@]4(C)[C@H]3CC[C@]12C. The minimum Gasteiger partial charge on any atom is -0.481 e. The Hall–Kier alpha value is -0.900. The largest absolute Gasteiger partial charge is 0.481 e. The highest BCUT2D eigenvalue weighted by molar-refractivity contribution is 5.83. The Labute approximate surface area is 169 Å². The smallest absolute Gasteiger partial charge is 0.303 e. The highest BCUT2D eigenvalue weighted by atomic mass is 16.4. The lowest BCUT2D eigenvalue weighted by Gasteiger charge is -2.60. The van der Waals surface area contributed by atoms with E-state index in [0.29, 0.717) is 41.8 Å². The summed E-state index contributed by atoms with van der Waals surface area (Å²) in [5.74, 6) is 2.25. The van der Waals surface area contributed by atoms with E-state index in [1.807, 2.05) is 0 Å². The van der Waals surface area contributed by atoms with Gasteiger partial charge in [-0.3, -0.25) is 9.59 Å². The second-order valence-electron chi connectivity index (χ2n) is 11.2. The molecule has 0 heterocycles. The summed E-state index contributed by atoms with van der Waals surface area (Å²) in [7, 11) is 0. The number of Topliss-reactive ketones (excluding diaryl/α,β-unsaturated/α-hetero) is 1. The Bertz CT molecular complexity index is 645. The second kappa shape index (κ2) is 7.11. The zero-order valence-corrected chi connectivity index (χ0v) is 17.8. The van der Waals surface area contributed by atoms with Gasteiger partial charge in [0.2, 0.25) is 0 Å². The van der Waals surface area contributed by atoms with E-state index in [2.05, 4.69) is 20.8 Å². The van der Waals surface area contributed by atoms with E-state index in [0.717, 1.165) is 44.9 Å². The van der Waals surface area contributed by atoms with Crippen molar-refractivity contribution in [1.29, 1.82) is 0 Å². The molecule has 28 heavy (non-hydrogen) atoms. The Morgan fingerprint density at radius 3 is 2.50 bits per heavy atom. The molecule has 0 aromatic heterocycles. The third-order valence-corrected chi connectivity index (χ3v) is 10.0. The first-order valence-corrected chi connectivity index (χ1v) is 11.6. The van der Waals surface area contributed by atoms with E-state index in [4.69, 9.17) is 5.11 Å². The zero-order valence-electron chi connectivity index (χ0n) is 17.8. The third kappa shape index (κ3) is 3.05. The van der Waals surface area contributed by atoms with Crippen LogP contribution in [0.5, 0.6) is 0 Å². The molecule has 0 aromatic rings. The summed E-state index contributed by atoms with van der Waals surface area (Å²) in [5.41, 5.74) is 0.401. The Morgan fingerprint density at radius 1 is 1.11 bits per heavy atom. The molecule has 4 saturated carbocycles. The fourth-order valence-corrected chi connectivity index (χ4v) is 8.44. The van der Waals surface area contributed by atoms with E-state index in [1.165, 1.54) is 6.42 Å². The van der Waals surface area contributed by atoms with Gasteiger partial charge < -0.3 is 10.2 Å². The summed E-state index contributed by atoms with van der Waals surface area (Å²) in [6.45, 7) is 7.06. The van der Waals surface area contributed by atoms with Gasteiger partial charge in [-0.05, 0) is 91.8 Å². The summed E-state index contributed by atoms with van der Waals surface area (Å²) >= 11 is 0. The average molecular weight is 391 g/mol. The average Bonchev–Trinajstić information content (AvgIpc) is 2.98. The lowest BCUT2D eigenvalue weighted by atomic mass is 9.44. The maximum atomic E-state index is 13.3. The van der Waals surface area contributed by atoms with Crippen molar-refractivity contribution in [3.05, 3.63) is 0 Å². The molecule has 4 rings (SSSR count). The normalized spacial score (nSPS) is 49.1. The maximum Gasteiger partial charge on any atom is 0.303 e. The van der Waals surface area contributed by atoms with Crippen LogP contribution in [0.1, 0.15) is 85.0 Å². The van der Waals surface area contributed by atoms with Gasteiger partial charge in [0.15, 0.2) is 0 Å². The van der Waals surface area contributed by atoms with Crippen molar-refractivity contribution in [2.45, 2.75) is 91.1 Å². The van der Waals surface area contributed by atoms with Crippen LogP contribution in [0.3, 0.4) is 0 Å². The quantitative estimate of drug-likeness (QED) is 0.730. The minimum absolute atomic E-state index is 0.187. The van der Waals surface area contributed by atoms with Gasteiger partial charge in [0.25, 0.3) is 0 Å². The van der Waals surface area contributed by atoms with Crippen molar-refractivity contribution in [2.24, 2.45) is 46.3 Å². The number of aliphatic hydroxyl groups is 1. The Morgan fingerprint density at radius 2 is 1.79 bits per heavy atom. The molecule has 4 fully saturated rings. The van der Waals surface area contributed by atoms with Gasteiger partial charge in [-0.1, -0.05) is 20.8 Å². The predicted molar refractivity (Wildman–Crippen MR) is 108 cm³/mol. The Balaban J connectivity index is 1.56. The number of ketones is 1. The van der Waals surface area contributed by atoms with Crippen LogP contribution in [0.25, 0.3) is 0 Å². The lowest BCUT2D eigenvalue weighted by molar-refractivity contribution is -0.160. The van der Waals surface area contributed by atoms with E-state index in [-0.39, 0.29) is 29.3 Å². The molecular weight excluding hydrogens is 352 g/mol. The lowest BCUT2D eigenvalue weighted by Crippen LogP contribution is -2.57. The number of hydrogen-bond acceptors (Lipinski definition) is 3. The molecule has 0 aromatic carbocycles. The summed E-state index contributed by atoms with van der Waals surface area (Å²) in [4.78, 5) is 24.4. The molecule has 0 aliphatic heterocycles. The number of carboxylic acid groups (broad SMARTS) is 1.